The van der Waals surface area contributed by atoms with Gasteiger partial charge in [-0.25, -0.2) is 4.98 Å². The molecule has 2 aromatic heterocycles. The van der Waals surface area contributed by atoms with E-state index in [0.29, 0.717) is 18.6 Å². The van der Waals surface area contributed by atoms with Gasteiger partial charge in [-0.2, -0.15) is 4.98 Å². The molecule has 114 valence electrons. The van der Waals surface area contributed by atoms with Crippen LogP contribution in [0.3, 0.4) is 0 Å². The Bertz CT molecular complexity index is 693. The summed E-state index contributed by atoms with van der Waals surface area (Å²) >= 11 is 0. The topological polar surface area (TPSA) is 125 Å². The van der Waals surface area contributed by atoms with Gasteiger partial charge in [0, 0.05) is 20.6 Å². The Balaban J connectivity index is 2.09. The molecule has 2 rings (SSSR count). The number of fused-ring (bicyclic) bond motifs is 1. The van der Waals surface area contributed by atoms with E-state index < -0.39 is 0 Å². The molecule has 3 N–H and O–H groups in total. The Morgan fingerprint density at radius 2 is 2.33 bits per heavy atom. The molecular weight excluding hydrogens is 278 g/mol. The van der Waals surface area contributed by atoms with E-state index in [-0.39, 0.29) is 35.7 Å². The number of aryl methyl sites for hydroxylation is 1. The van der Waals surface area contributed by atoms with Crippen LogP contribution in [-0.4, -0.2) is 45.3 Å². The lowest BCUT2D eigenvalue weighted by atomic mass is 10.2. The molecule has 9 nitrogen and oxygen atoms in total. The highest BCUT2D eigenvalue weighted by atomic mass is 16.6. The number of nitrogens with two attached hydrogens (primary N) is 1. The van der Waals surface area contributed by atoms with Gasteiger partial charge in [0.05, 0.1) is 12.4 Å². The summed E-state index contributed by atoms with van der Waals surface area (Å²) in [6, 6.07) is 0. The molecule has 0 bridgehead atoms. The number of nitrogens with zero attached hydrogens (tertiary/aromatic N) is 3. The summed E-state index contributed by atoms with van der Waals surface area (Å²) in [5, 5.41) is 0. The van der Waals surface area contributed by atoms with E-state index in [1.54, 1.807) is 11.7 Å². The third-order valence-corrected chi connectivity index (χ3v) is 2.99. The SMILES string of the molecule is COC(CCn1cnc2c(=O)[nH]c(N)nc21)COC(C)=O. The van der Waals surface area contributed by atoms with Gasteiger partial charge in [-0.05, 0) is 6.42 Å². The van der Waals surface area contributed by atoms with Crippen LogP contribution in [0.4, 0.5) is 5.95 Å². The van der Waals surface area contributed by atoms with E-state index in [9.17, 15) is 9.59 Å². The maximum atomic E-state index is 11.7. The average molecular weight is 295 g/mol. The summed E-state index contributed by atoms with van der Waals surface area (Å²) in [7, 11) is 1.54. The van der Waals surface area contributed by atoms with Crippen LogP contribution in [0.25, 0.3) is 11.2 Å². The summed E-state index contributed by atoms with van der Waals surface area (Å²) in [4.78, 5) is 32.9. The van der Waals surface area contributed by atoms with Crippen LogP contribution >= 0.6 is 0 Å². The fraction of sp³-hybridized carbons (Fsp3) is 0.500. The standard InChI is InChI=1S/C12H17N5O4/c1-7(18)21-5-8(20-2)3-4-17-6-14-9-10(17)15-12(13)16-11(9)19/h6,8H,3-5H2,1-2H3,(H3,13,15,16,19). The van der Waals surface area contributed by atoms with Crippen molar-refractivity contribution in [3.63, 3.8) is 0 Å². The fourth-order valence-corrected chi connectivity index (χ4v) is 1.90. The molecule has 0 radical (unpaired) electrons. The van der Waals surface area contributed by atoms with Gasteiger partial charge in [0.2, 0.25) is 5.95 Å². The van der Waals surface area contributed by atoms with E-state index in [0.717, 1.165) is 0 Å². The molecule has 0 spiro atoms. The Morgan fingerprint density at radius 1 is 1.57 bits per heavy atom. The van der Waals surface area contributed by atoms with Crippen molar-refractivity contribution in [3.05, 3.63) is 16.7 Å². The highest BCUT2D eigenvalue weighted by Gasteiger charge is 2.13. The van der Waals surface area contributed by atoms with Crippen LogP contribution in [-0.2, 0) is 20.8 Å². The Labute approximate surface area is 120 Å². The van der Waals surface area contributed by atoms with Crippen molar-refractivity contribution in [2.45, 2.75) is 26.0 Å². The van der Waals surface area contributed by atoms with E-state index >= 15 is 0 Å². The van der Waals surface area contributed by atoms with Crippen molar-refractivity contribution < 1.29 is 14.3 Å². The van der Waals surface area contributed by atoms with Crippen molar-refractivity contribution in [1.29, 1.82) is 0 Å². The lowest BCUT2D eigenvalue weighted by Crippen LogP contribution is -2.22. The van der Waals surface area contributed by atoms with Gasteiger partial charge in [-0.1, -0.05) is 0 Å². The molecule has 1 atom stereocenters. The van der Waals surface area contributed by atoms with Crippen molar-refractivity contribution in [1.82, 2.24) is 19.5 Å². The number of hydrogen-bond acceptors (Lipinski definition) is 7. The van der Waals surface area contributed by atoms with Gasteiger partial charge >= 0.3 is 5.97 Å². The second kappa shape index (κ2) is 6.35. The minimum absolute atomic E-state index is 0.0393. The summed E-state index contributed by atoms with van der Waals surface area (Å²) in [6.45, 7) is 2.02. The highest BCUT2D eigenvalue weighted by molar-refractivity contribution is 5.70. The van der Waals surface area contributed by atoms with E-state index in [1.165, 1.54) is 13.3 Å². The highest BCUT2D eigenvalue weighted by Crippen LogP contribution is 2.09. The minimum Gasteiger partial charge on any atom is -0.463 e. The normalized spacial score (nSPS) is 12.5. The van der Waals surface area contributed by atoms with Crippen LogP contribution < -0.4 is 11.3 Å². The number of rotatable bonds is 6. The first-order chi connectivity index (χ1) is 10.0. The monoisotopic (exact) mass is 295 g/mol. The summed E-state index contributed by atoms with van der Waals surface area (Å²) in [5.41, 5.74) is 5.80. The zero-order valence-electron chi connectivity index (χ0n) is 11.8. The molecule has 0 amide bonds. The Morgan fingerprint density at radius 3 is 3.00 bits per heavy atom. The van der Waals surface area contributed by atoms with E-state index in [1.807, 2.05) is 0 Å². The molecule has 2 aromatic rings. The molecule has 1 unspecified atom stereocenters. The van der Waals surface area contributed by atoms with Crippen LogP contribution in [0.1, 0.15) is 13.3 Å². The van der Waals surface area contributed by atoms with Crippen LogP contribution in [0.2, 0.25) is 0 Å². The number of nitrogens with one attached hydrogen (secondary N) is 1. The maximum absolute atomic E-state index is 11.7. The fourth-order valence-electron chi connectivity index (χ4n) is 1.90. The third kappa shape index (κ3) is 3.57. The first kappa shape index (κ1) is 15.0. The van der Waals surface area contributed by atoms with Crippen LogP contribution in [0.5, 0.6) is 0 Å². The van der Waals surface area contributed by atoms with Crippen LogP contribution in [0.15, 0.2) is 11.1 Å². The Kier molecular flexibility index (Phi) is 4.53. The summed E-state index contributed by atoms with van der Waals surface area (Å²) < 4.78 is 11.9. The van der Waals surface area contributed by atoms with E-state index in [4.69, 9.17) is 15.2 Å². The number of H-pyrrole nitrogens is 1. The molecular formula is C12H17N5O4. The lowest BCUT2D eigenvalue weighted by molar-refractivity contribution is -0.144. The molecule has 21 heavy (non-hydrogen) atoms. The molecule has 0 aliphatic rings. The lowest BCUT2D eigenvalue weighted by Gasteiger charge is -2.15. The van der Waals surface area contributed by atoms with Crippen molar-refractivity contribution >= 4 is 23.1 Å². The number of ether oxygens (including phenoxy) is 2. The molecule has 0 fully saturated rings. The van der Waals surface area contributed by atoms with Crippen molar-refractivity contribution in [2.24, 2.45) is 0 Å². The number of hydrogen-bond donors (Lipinski definition) is 2. The zero-order chi connectivity index (χ0) is 15.4. The number of aromatic nitrogens is 4. The molecule has 0 saturated heterocycles. The molecule has 2 heterocycles. The number of carbonyl (C=O) groups excluding carboxylic acids is 1. The van der Waals surface area contributed by atoms with Gasteiger partial charge in [-0.15, -0.1) is 0 Å². The molecule has 0 aliphatic carbocycles. The number of methoxy groups -OCH3 is 1. The second-order valence-corrected chi connectivity index (χ2v) is 4.51. The minimum atomic E-state index is -0.376. The number of aromatic amines is 1. The quantitative estimate of drug-likeness (QED) is 0.699. The predicted octanol–water partition coefficient (Wildman–Crippen LogP) is -0.330. The first-order valence-corrected chi connectivity index (χ1v) is 6.38. The van der Waals surface area contributed by atoms with Gasteiger partial charge in [0.25, 0.3) is 5.56 Å². The number of nitrogen functional groups attached to an aromatic ring is 1. The van der Waals surface area contributed by atoms with Gasteiger partial charge in [0.15, 0.2) is 11.2 Å². The number of carbonyl (C=O) groups is 1. The zero-order valence-corrected chi connectivity index (χ0v) is 11.8. The van der Waals surface area contributed by atoms with Crippen molar-refractivity contribution in [2.75, 3.05) is 19.5 Å². The summed E-state index contributed by atoms with van der Waals surface area (Å²) in [5.74, 6) is -0.316. The summed E-state index contributed by atoms with van der Waals surface area (Å²) in [6.07, 6.45) is 1.85. The van der Waals surface area contributed by atoms with Crippen molar-refractivity contribution in [3.8, 4) is 0 Å². The number of anilines is 1. The molecule has 9 heteroatoms. The van der Waals surface area contributed by atoms with Crippen LogP contribution in [0, 0.1) is 0 Å². The van der Waals surface area contributed by atoms with Gasteiger partial charge in [-0.3, -0.25) is 14.6 Å². The molecule has 0 saturated carbocycles. The largest absolute Gasteiger partial charge is 0.463 e. The Hall–Kier alpha value is -2.42. The maximum Gasteiger partial charge on any atom is 0.302 e. The average Bonchev–Trinajstić information content (AvgIpc) is 2.82. The molecule has 0 aliphatic heterocycles. The number of esters is 1. The second-order valence-electron chi connectivity index (χ2n) is 4.51. The number of imidazole rings is 1. The predicted molar refractivity (Wildman–Crippen MR) is 74.6 cm³/mol. The van der Waals surface area contributed by atoms with Gasteiger partial charge < -0.3 is 19.8 Å². The third-order valence-electron chi connectivity index (χ3n) is 2.99. The smallest absolute Gasteiger partial charge is 0.302 e. The molecule has 0 aromatic carbocycles. The van der Waals surface area contributed by atoms with Gasteiger partial charge in [0.1, 0.15) is 6.61 Å². The first-order valence-electron chi connectivity index (χ1n) is 6.38. The van der Waals surface area contributed by atoms with E-state index in [2.05, 4.69) is 15.0 Å².